The molecule has 2 aliphatic rings. The molecular formula is C21H30O6. The lowest BCUT2D eigenvalue weighted by atomic mass is 9.69. The highest BCUT2D eigenvalue weighted by atomic mass is 16.6. The zero-order chi connectivity index (χ0) is 20.2. The summed E-state index contributed by atoms with van der Waals surface area (Å²) in [6.07, 6.45) is 2.37. The van der Waals surface area contributed by atoms with Gasteiger partial charge in [-0.1, -0.05) is 11.1 Å². The molecule has 0 bridgehead atoms. The maximum absolute atomic E-state index is 13.0. The zero-order valence-corrected chi connectivity index (χ0v) is 16.8. The molecule has 6 nitrogen and oxygen atoms in total. The highest BCUT2D eigenvalue weighted by Gasteiger charge is 2.63. The summed E-state index contributed by atoms with van der Waals surface area (Å²) in [6.45, 7) is 7.25. The van der Waals surface area contributed by atoms with Crippen LogP contribution in [0.3, 0.4) is 0 Å². The number of carbonyl (C=O) groups is 4. The van der Waals surface area contributed by atoms with Gasteiger partial charge in [0.25, 0.3) is 0 Å². The van der Waals surface area contributed by atoms with Crippen molar-refractivity contribution in [1.82, 2.24) is 0 Å². The highest BCUT2D eigenvalue weighted by Crippen LogP contribution is 2.57. The number of Topliss-reactive ketones (excluding diaryl/α,β-unsaturated/α-hetero) is 2. The van der Waals surface area contributed by atoms with Crippen LogP contribution in [0.15, 0.2) is 11.1 Å². The summed E-state index contributed by atoms with van der Waals surface area (Å²) >= 11 is 0. The number of ether oxygens (including phenoxy) is 2. The Morgan fingerprint density at radius 2 is 1.63 bits per heavy atom. The average Bonchev–Trinajstić information content (AvgIpc) is 2.95. The quantitative estimate of drug-likeness (QED) is 0.384. The van der Waals surface area contributed by atoms with Gasteiger partial charge in [-0.3, -0.25) is 14.4 Å². The van der Waals surface area contributed by atoms with Crippen LogP contribution in [0.5, 0.6) is 0 Å². The first kappa shape index (κ1) is 21.3. The summed E-state index contributed by atoms with van der Waals surface area (Å²) in [5.74, 6) is -1.32. The molecule has 0 radical (unpaired) electrons. The minimum absolute atomic E-state index is 0.0891. The topological polar surface area (TPSA) is 86.7 Å². The molecule has 2 atom stereocenters. The first-order valence-electron chi connectivity index (χ1n) is 9.81. The molecule has 6 heteroatoms. The normalized spacial score (nSPS) is 25.6. The van der Waals surface area contributed by atoms with E-state index in [4.69, 9.17) is 9.47 Å². The van der Waals surface area contributed by atoms with E-state index in [-0.39, 0.29) is 43.0 Å². The Hall–Kier alpha value is -1.98. The molecule has 0 aromatic heterocycles. The molecule has 0 spiro atoms. The predicted molar refractivity (Wildman–Crippen MR) is 98.8 cm³/mol. The Morgan fingerprint density at radius 3 is 2.15 bits per heavy atom. The van der Waals surface area contributed by atoms with E-state index in [0.717, 1.165) is 11.1 Å². The molecule has 2 aliphatic carbocycles. The van der Waals surface area contributed by atoms with Crippen LogP contribution >= 0.6 is 0 Å². The molecule has 0 aromatic carbocycles. The standard InChI is InChI=1S/C21H30O6/c1-5-26-19(24)21(20(25)27-6-2)12-17(13(3)7-8-14(4)22)16-11-15(23)9-10-18(16)21/h16,18H,5-12H2,1-4H3/b17-13-/t16-,18-/m1/s1. The van der Waals surface area contributed by atoms with Gasteiger partial charge in [0, 0.05) is 19.3 Å². The van der Waals surface area contributed by atoms with Crippen LogP contribution in [0, 0.1) is 17.3 Å². The van der Waals surface area contributed by atoms with Crippen molar-refractivity contribution < 1.29 is 28.7 Å². The smallest absolute Gasteiger partial charge is 0.324 e. The largest absolute Gasteiger partial charge is 0.465 e. The van der Waals surface area contributed by atoms with Gasteiger partial charge in [-0.05, 0) is 58.8 Å². The molecule has 27 heavy (non-hydrogen) atoms. The molecule has 2 rings (SSSR count). The third-order valence-corrected chi connectivity index (χ3v) is 5.90. The fourth-order valence-corrected chi connectivity index (χ4v) is 4.57. The molecule has 0 unspecified atom stereocenters. The predicted octanol–water partition coefficient (Wildman–Crippen LogP) is 3.17. The van der Waals surface area contributed by atoms with Gasteiger partial charge in [-0.15, -0.1) is 0 Å². The second-order valence-electron chi connectivity index (χ2n) is 7.59. The molecule has 0 aliphatic heterocycles. The number of ketones is 2. The van der Waals surface area contributed by atoms with Crippen LogP contribution in [0.1, 0.15) is 66.2 Å². The van der Waals surface area contributed by atoms with E-state index >= 15 is 0 Å². The minimum Gasteiger partial charge on any atom is -0.465 e. The first-order chi connectivity index (χ1) is 12.8. The summed E-state index contributed by atoms with van der Waals surface area (Å²) in [4.78, 5) is 49.5. The van der Waals surface area contributed by atoms with Gasteiger partial charge in [-0.25, -0.2) is 0 Å². The lowest BCUT2D eigenvalue weighted by Crippen LogP contribution is -2.47. The van der Waals surface area contributed by atoms with E-state index in [9.17, 15) is 19.2 Å². The van der Waals surface area contributed by atoms with Crippen LogP contribution in [-0.2, 0) is 28.7 Å². The van der Waals surface area contributed by atoms with Gasteiger partial charge >= 0.3 is 11.9 Å². The van der Waals surface area contributed by atoms with Crippen molar-refractivity contribution in [1.29, 1.82) is 0 Å². The molecule has 2 saturated carbocycles. The molecule has 0 aromatic rings. The summed E-state index contributed by atoms with van der Waals surface area (Å²) in [5.41, 5.74) is 0.560. The Balaban J connectivity index is 2.51. The van der Waals surface area contributed by atoms with Gasteiger partial charge in [0.15, 0.2) is 5.41 Å². The Labute approximate surface area is 160 Å². The molecule has 0 amide bonds. The van der Waals surface area contributed by atoms with Gasteiger partial charge in [0.1, 0.15) is 11.6 Å². The summed E-state index contributed by atoms with van der Waals surface area (Å²) < 4.78 is 10.6. The van der Waals surface area contributed by atoms with E-state index in [1.807, 2.05) is 6.92 Å². The molecule has 0 saturated heterocycles. The lowest BCUT2D eigenvalue weighted by Gasteiger charge is -2.34. The maximum Gasteiger partial charge on any atom is 0.324 e. The summed E-state index contributed by atoms with van der Waals surface area (Å²) in [6, 6.07) is 0. The highest BCUT2D eigenvalue weighted by molar-refractivity contribution is 6.02. The van der Waals surface area contributed by atoms with Gasteiger partial charge in [0.2, 0.25) is 0 Å². The van der Waals surface area contributed by atoms with Crippen molar-refractivity contribution >= 4 is 23.5 Å². The van der Waals surface area contributed by atoms with Crippen LogP contribution in [0.25, 0.3) is 0 Å². The SMILES string of the molecule is CCOC(=O)C1(C(=O)OCC)C/C(=C(\C)CCC(C)=O)[C@H]2CC(=O)CC[C@H]21. The maximum atomic E-state index is 13.0. The molecular weight excluding hydrogens is 348 g/mol. The summed E-state index contributed by atoms with van der Waals surface area (Å²) in [7, 11) is 0. The molecule has 0 N–H and O–H groups in total. The van der Waals surface area contributed by atoms with Gasteiger partial charge in [0.05, 0.1) is 13.2 Å². The monoisotopic (exact) mass is 378 g/mol. The number of esters is 2. The van der Waals surface area contributed by atoms with Crippen molar-refractivity contribution in [3.8, 4) is 0 Å². The van der Waals surface area contributed by atoms with Crippen LogP contribution in [-0.4, -0.2) is 36.7 Å². The fraction of sp³-hybridized carbons (Fsp3) is 0.714. The van der Waals surface area contributed by atoms with Crippen molar-refractivity contribution in [3.63, 3.8) is 0 Å². The van der Waals surface area contributed by atoms with Crippen LogP contribution in [0.4, 0.5) is 0 Å². The Kier molecular flexibility index (Phi) is 6.95. The summed E-state index contributed by atoms with van der Waals surface area (Å²) in [5, 5.41) is 0. The number of fused-ring (bicyclic) bond motifs is 1. The van der Waals surface area contributed by atoms with E-state index < -0.39 is 17.4 Å². The van der Waals surface area contributed by atoms with E-state index in [0.29, 0.717) is 32.1 Å². The number of carbonyl (C=O) groups excluding carboxylic acids is 4. The molecule has 0 heterocycles. The number of allylic oxidation sites excluding steroid dienone is 2. The van der Waals surface area contributed by atoms with Crippen molar-refractivity contribution in [2.45, 2.75) is 66.2 Å². The number of hydrogen-bond acceptors (Lipinski definition) is 6. The minimum atomic E-state index is -1.38. The third-order valence-electron chi connectivity index (χ3n) is 5.90. The van der Waals surface area contributed by atoms with Crippen molar-refractivity contribution in [2.24, 2.45) is 17.3 Å². The van der Waals surface area contributed by atoms with Gasteiger partial charge in [-0.2, -0.15) is 0 Å². The molecule has 2 fully saturated rings. The number of rotatable bonds is 7. The third kappa shape index (κ3) is 4.14. The first-order valence-corrected chi connectivity index (χ1v) is 9.81. The van der Waals surface area contributed by atoms with Crippen molar-refractivity contribution in [2.75, 3.05) is 13.2 Å². The van der Waals surface area contributed by atoms with E-state index in [1.165, 1.54) is 0 Å². The fourth-order valence-electron chi connectivity index (χ4n) is 4.57. The number of hydrogen-bond donors (Lipinski definition) is 0. The lowest BCUT2D eigenvalue weighted by molar-refractivity contribution is -0.177. The van der Waals surface area contributed by atoms with Crippen molar-refractivity contribution in [3.05, 3.63) is 11.1 Å². The van der Waals surface area contributed by atoms with Crippen LogP contribution < -0.4 is 0 Å². The van der Waals surface area contributed by atoms with Crippen LogP contribution in [0.2, 0.25) is 0 Å². The second kappa shape index (κ2) is 8.81. The average molecular weight is 378 g/mol. The zero-order valence-electron chi connectivity index (χ0n) is 16.8. The Bertz CT molecular complexity index is 642. The molecule has 150 valence electrons. The van der Waals surface area contributed by atoms with Gasteiger partial charge < -0.3 is 14.3 Å². The van der Waals surface area contributed by atoms with E-state index in [2.05, 4.69) is 0 Å². The Morgan fingerprint density at radius 1 is 1.04 bits per heavy atom. The van der Waals surface area contributed by atoms with E-state index in [1.54, 1.807) is 20.8 Å². The second-order valence-corrected chi connectivity index (χ2v) is 7.59.